The first-order chi connectivity index (χ1) is 11.4. The fourth-order valence-electron chi connectivity index (χ4n) is 2.53. The number of pyridine rings is 1. The molecule has 4 aromatic rings. The molecule has 0 aliphatic carbocycles. The van der Waals surface area contributed by atoms with Crippen LogP contribution in [0.5, 0.6) is 0 Å². The number of benzene rings is 2. The summed E-state index contributed by atoms with van der Waals surface area (Å²) in [4.78, 5) is 12.3. The maximum absolute atomic E-state index is 4.51. The summed E-state index contributed by atoms with van der Waals surface area (Å²) in [6, 6.07) is 22.5. The van der Waals surface area contributed by atoms with Gasteiger partial charge in [0.05, 0.1) is 5.52 Å². The highest BCUT2D eigenvalue weighted by atomic mass is 15.0. The van der Waals surface area contributed by atoms with Crippen molar-refractivity contribution in [2.75, 3.05) is 0 Å². The SMILES string of the molecule is C(=Cc1nc2ncc(-c3ccccc3)cc2[nH]1)c1ccccc1. The van der Waals surface area contributed by atoms with Crippen molar-refractivity contribution in [3.63, 3.8) is 0 Å². The van der Waals surface area contributed by atoms with Crippen molar-refractivity contribution >= 4 is 23.3 Å². The molecule has 0 spiro atoms. The van der Waals surface area contributed by atoms with Crippen LogP contribution in [0.3, 0.4) is 0 Å². The Morgan fingerprint density at radius 1 is 0.783 bits per heavy atom. The number of rotatable bonds is 3. The van der Waals surface area contributed by atoms with Crippen LogP contribution < -0.4 is 0 Å². The summed E-state index contributed by atoms with van der Waals surface area (Å²) in [6.45, 7) is 0. The fraction of sp³-hybridized carbons (Fsp3) is 0. The summed E-state index contributed by atoms with van der Waals surface area (Å²) in [5, 5.41) is 0. The molecule has 0 unspecified atom stereocenters. The van der Waals surface area contributed by atoms with Crippen LogP contribution in [-0.4, -0.2) is 15.0 Å². The van der Waals surface area contributed by atoms with Crippen LogP contribution in [-0.2, 0) is 0 Å². The van der Waals surface area contributed by atoms with Gasteiger partial charge >= 0.3 is 0 Å². The second-order valence-electron chi connectivity index (χ2n) is 5.33. The van der Waals surface area contributed by atoms with Gasteiger partial charge in [-0.25, -0.2) is 9.97 Å². The van der Waals surface area contributed by atoms with E-state index in [-0.39, 0.29) is 0 Å². The predicted octanol–water partition coefficient (Wildman–Crippen LogP) is 4.80. The summed E-state index contributed by atoms with van der Waals surface area (Å²) < 4.78 is 0. The molecule has 0 saturated heterocycles. The number of fused-ring (bicyclic) bond motifs is 1. The minimum Gasteiger partial charge on any atom is -0.337 e. The Bertz CT molecular complexity index is 954. The fourth-order valence-corrected chi connectivity index (χ4v) is 2.53. The predicted molar refractivity (Wildman–Crippen MR) is 94.7 cm³/mol. The molecule has 0 fully saturated rings. The highest BCUT2D eigenvalue weighted by molar-refractivity contribution is 5.80. The van der Waals surface area contributed by atoms with Gasteiger partial charge in [0.25, 0.3) is 0 Å². The number of hydrogen-bond donors (Lipinski definition) is 1. The van der Waals surface area contributed by atoms with Gasteiger partial charge < -0.3 is 4.98 Å². The highest BCUT2D eigenvalue weighted by Gasteiger charge is 2.04. The van der Waals surface area contributed by atoms with Crippen molar-refractivity contribution in [3.8, 4) is 11.1 Å². The summed E-state index contributed by atoms with van der Waals surface area (Å²) in [5.41, 5.74) is 5.06. The summed E-state index contributed by atoms with van der Waals surface area (Å²) in [5.74, 6) is 0.807. The molecule has 4 rings (SSSR count). The Hall–Kier alpha value is -3.20. The molecule has 1 N–H and O–H groups in total. The number of nitrogens with one attached hydrogen (secondary N) is 1. The Morgan fingerprint density at radius 2 is 1.52 bits per heavy atom. The zero-order chi connectivity index (χ0) is 15.5. The van der Waals surface area contributed by atoms with Crippen LogP contribution >= 0.6 is 0 Å². The standard InChI is InChI=1S/C20H15N3/c1-3-7-15(8-4-1)11-12-19-22-18-13-17(14-21-20(18)23-19)16-9-5-2-6-10-16/h1-14H,(H,21,22,23). The van der Waals surface area contributed by atoms with Gasteiger partial charge in [0.2, 0.25) is 0 Å². The van der Waals surface area contributed by atoms with Gasteiger partial charge in [-0.05, 0) is 23.3 Å². The Balaban J connectivity index is 1.67. The minimum absolute atomic E-state index is 0.734. The summed E-state index contributed by atoms with van der Waals surface area (Å²) in [6.07, 6.45) is 5.87. The molecule has 3 nitrogen and oxygen atoms in total. The third-order valence-electron chi connectivity index (χ3n) is 3.70. The molecule has 0 saturated carbocycles. The van der Waals surface area contributed by atoms with Crippen molar-refractivity contribution < 1.29 is 0 Å². The summed E-state index contributed by atoms with van der Waals surface area (Å²) >= 11 is 0. The molecular formula is C20H15N3. The topological polar surface area (TPSA) is 41.6 Å². The molecular weight excluding hydrogens is 282 g/mol. The lowest BCUT2D eigenvalue weighted by atomic mass is 10.1. The molecule has 2 aromatic carbocycles. The monoisotopic (exact) mass is 297 g/mol. The first kappa shape index (κ1) is 13.5. The van der Waals surface area contributed by atoms with Gasteiger partial charge in [-0.3, -0.25) is 0 Å². The van der Waals surface area contributed by atoms with Gasteiger partial charge in [0, 0.05) is 11.8 Å². The van der Waals surface area contributed by atoms with Gasteiger partial charge in [-0.15, -0.1) is 0 Å². The van der Waals surface area contributed by atoms with E-state index in [1.54, 1.807) is 0 Å². The maximum atomic E-state index is 4.51. The van der Waals surface area contributed by atoms with E-state index in [1.165, 1.54) is 0 Å². The van der Waals surface area contributed by atoms with E-state index in [2.05, 4.69) is 45.3 Å². The van der Waals surface area contributed by atoms with Crippen molar-refractivity contribution in [1.29, 1.82) is 0 Å². The summed E-state index contributed by atoms with van der Waals surface area (Å²) in [7, 11) is 0. The van der Waals surface area contributed by atoms with Crippen LogP contribution in [0, 0.1) is 0 Å². The zero-order valence-corrected chi connectivity index (χ0v) is 12.5. The molecule has 110 valence electrons. The second kappa shape index (κ2) is 5.89. The van der Waals surface area contributed by atoms with E-state index in [4.69, 9.17) is 0 Å². The number of aromatic nitrogens is 3. The molecule has 23 heavy (non-hydrogen) atoms. The van der Waals surface area contributed by atoms with E-state index in [0.717, 1.165) is 33.7 Å². The molecule has 0 atom stereocenters. The van der Waals surface area contributed by atoms with Crippen LogP contribution in [0.1, 0.15) is 11.4 Å². The van der Waals surface area contributed by atoms with Crippen molar-refractivity contribution in [2.45, 2.75) is 0 Å². The van der Waals surface area contributed by atoms with Gasteiger partial charge in [-0.2, -0.15) is 0 Å². The van der Waals surface area contributed by atoms with E-state index in [0.29, 0.717) is 0 Å². The van der Waals surface area contributed by atoms with Crippen LogP contribution in [0.2, 0.25) is 0 Å². The first-order valence-electron chi connectivity index (χ1n) is 7.53. The third-order valence-corrected chi connectivity index (χ3v) is 3.70. The lowest BCUT2D eigenvalue weighted by Crippen LogP contribution is -1.81. The van der Waals surface area contributed by atoms with E-state index >= 15 is 0 Å². The molecule has 0 aliphatic rings. The smallest absolute Gasteiger partial charge is 0.178 e. The Kier molecular flexibility index (Phi) is 3.45. The number of aromatic amines is 1. The quantitative estimate of drug-likeness (QED) is 0.590. The minimum atomic E-state index is 0.734. The first-order valence-corrected chi connectivity index (χ1v) is 7.53. The third kappa shape index (κ3) is 2.90. The number of nitrogens with zero attached hydrogens (tertiary/aromatic N) is 2. The molecule has 2 aromatic heterocycles. The average molecular weight is 297 g/mol. The van der Waals surface area contributed by atoms with Crippen LogP contribution in [0.15, 0.2) is 72.9 Å². The molecule has 0 aliphatic heterocycles. The molecule has 0 bridgehead atoms. The molecule has 2 heterocycles. The van der Waals surface area contributed by atoms with E-state index in [1.807, 2.05) is 54.7 Å². The van der Waals surface area contributed by atoms with Crippen molar-refractivity contribution in [2.24, 2.45) is 0 Å². The van der Waals surface area contributed by atoms with Crippen molar-refractivity contribution in [3.05, 3.63) is 84.3 Å². The van der Waals surface area contributed by atoms with Gasteiger partial charge in [0.1, 0.15) is 5.82 Å². The Labute approximate surface area is 134 Å². The highest BCUT2D eigenvalue weighted by Crippen LogP contribution is 2.21. The second-order valence-corrected chi connectivity index (χ2v) is 5.33. The number of imidazole rings is 1. The molecule has 0 radical (unpaired) electrons. The Morgan fingerprint density at radius 3 is 2.30 bits per heavy atom. The lowest BCUT2D eigenvalue weighted by molar-refractivity contribution is 1.27. The van der Waals surface area contributed by atoms with Crippen LogP contribution in [0.25, 0.3) is 34.4 Å². The van der Waals surface area contributed by atoms with Gasteiger partial charge in [-0.1, -0.05) is 66.7 Å². The normalized spacial score (nSPS) is 11.3. The number of H-pyrrole nitrogens is 1. The van der Waals surface area contributed by atoms with Gasteiger partial charge in [0.15, 0.2) is 5.65 Å². The average Bonchev–Trinajstić information content (AvgIpc) is 3.04. The van der Waals surface area contributed by atoms with Crippen LogP contribution in [0.4, 0.5) is 0 Å². The van der Waals surface area contributed by atoms with Crippen molar-refractivity contribution in [1.82, 2.24) is 15.0 Å². The molecule has 0 amide bonds. The lowest BCUT2D eigenvalue weighted by Gasteiger charge is -1.99. The largest absolute Gasteiger partial charge is 0.337 e. The maximum Gasteiger partial charge on any atom is 0.178 e. The number of hydrogen-bond acceptors (Lipinski definition) is 2. The van der Waals surface area contributed by atoms with E-state index < -0.39 is 0 Å². The zero-order valence-electron chi connectivity index (χ0n) is 12.5. The molecule has 3 heteroatoms. The van der Waals surface area contributed by atoms with E-state index in [9.17, 15) is 0 Å².